The van der Waals surface area contributed by atoms with Gasteiger partial charge in [-0.05, 0) is 39.7 Å². The highest BCUT2D eigenvalue weighted by molar-refractivity contribution is 5.94. The molecule has 8 nitrogen and oxygen atoms in total. The van der Waals surface area contributed by atoms with Crippen LogP contribution in [0.4, 0.5) is 5.82 Å². The Labute approximate surface area is 146 Å². The van der Waals surface area contributed by atoms with Gasteiger partial charge in [-0.25, -0.2) is 0 Å². The van der Waals surface area contributed by atoms with Crippen LogP contribution in [0.15, 0.2) is 15.1 Å². The highest BCUT2D eigenvalue weighted by atomic mass is 16.5. The molecule has 0 radical (unpaired) electrons. The van der Waals surface area contributed by atoms with Gasteiger partial charge in [-0.15, -0.1) is 0 Å². The van der Waals surface area contributed by atoms with Crippen LogP contribution in [0.3, 0.4) is 0 Å². The molecule has 25 heavy (non-hydrogen) atoms. The van der Waals surface area contributed by atoms with Gasteiger partial charge in [0.15, 0.2) is 11.6 Å². The van der Waals surface area contributed by atoms with Crippen LogP contribution >= 0.6 is 0 Å². The Bertz CT molecular complexity index is 711. The molecule has 0 saturated carbocycles. The number of likely N-dealkylation sites (tertiary alicyclic amines) is 1. The van der Waals surface area contributed by atoms with Crippen molar-refractivity contribution < 1.29 is 13.8 Å². The number of anilines is 1. The molecule has 1 aliphatic rings. The lowest BCUT2D eigenvalue weighted by Crippen LogP contribution is -2.48. The second-order valence-electron chi connectivity index (χ2n) is 6.63. The molecule has 0 bridgehead atoms. The number of aromatic nitrogens is 3. The fourth-order valence-electron chi connectivity index (χ4n) is 3.36. The molecule has 1 saturated heterocycles. The number of nitrogens with one attached hydrogen (secondary N) is 1. The maximum Gasteiger partial charge on any atom is 0.242 e. The molecule has 1 fully saturated rings. The SMILES string of the molecule is CCCC(C(=O)Nc1cc(C)on1)N1CCCC(c2nc(C)no2)C1. The van der Waals surface area contributed by atoms with Crippen molar-refractivity contribution >= 4 is 11.7 Å². The summed E-state index contributed by atoms with van der Waals surface area (Å²) in [6.45, 7) is 7.34. The Kier molecular flexibility index (Phi) is 5.47. The standard InChI is InChI=1S/C17H25N5O3/c1-4-6-14(16(23)19-15-9-11(2)24-21-15)22-8-5-7-13(10-22)17-18-12(3)20-25-17/h9,13-14H,4-8,10H2,1-3H3,(H,19,21,23). The van der Waals surface area contributed by atoms with E-state index < -0.39 is 0 Å². The zero-order valence-corrected chi connectivity index (χ0v) is 15.0. The van der Waals surface area contributed by atoms with Crippen molar-refractivity contribution in [2.24, 2.45) is 0 Å². The van der Waals surface area contributed by atoms with Crippen molar-refractivity contribution in [2.75, 3.05) is 18.4 Å². The molecule has 2 unspecified atom stereocenters. The lowest BCUT2D eigenvalue weighted by molar-refractivity contribution is -0.122. The van der Waals surface area contributed by atoms with E-state index in [4.69, 9.17) is 9.05 Å². The van der Waals surface area contributed by atoms with E-state index in [0.29, 0.717) is 23.3 Å². The van der Waals surface area contributed by atoms with Gasteiger partial charge in [0.1, 0.15) is 5.76 Å². The van der Waals surface area contributed by atoms with Gasteiger partial charge in [0.25, 0.3) is 0 Å². The van der Waals surface area contributed by atoms with E-state index in [9.17, 15) is 4.79 Å². The summed E-state index contributed by atoms with van der Waals surface area (Å²) < 4.78 is 10.4. The molecule has 0 aromatic carbocycles. The second-order valence-corrected chi connectivity index (χ2v) is 6.63. The van der Waals surface area contributed by atoms with E-state index in [2.05, 4.69) is 32.4 Å². The maximum atomic E-state index is 12.8. The summed E-state index contributed by atoms with van der Waals surface area (Å²) in [5, 5.41) is 10.6. The number of piperidine rings is 1. The summed E-state index contributed by atoms with van der Waals surface area (Å²) in [5.41, 5.74) is 0. The Hall–Kier alpha value is -2.22. The van der Waals surface area contributed by atoms with Gasteiger partial charge in [0, 0.05) is 12.6 Å². The van der Waals surface area contributed by atoms with Gasteiger partial charge in [0.2, 0.25) is 11.8 Å². The molecule has 3 heterocycles. The largest absolute Gasteiger partial charge is 0.360 e. The zero-order chi connectivity index (χ0) is 17.8. The molecule has 2 atom stereocenters. The Morgan fingerprint density at radius 2 is 2.24 bits per heavy atom. The van der Waals surface area contributed by atoms with Crippen LogP contribution in [0.2, 0.25) is 0 Å². The fourth-order valence-corrected chi connectivity index (χ4v) is 3.36. The van der Waals surface area contributed by atoms with E-state index in [1.54, 1.807) is 13.0 Å². The predicted octanol–water partition coefficient (Wildman–Crippen LogP) is 2.66. The summed E-state index contributed by atoms with van der Waals surface area (Å²) >= 11 is 0. The fraction of sp³-hybridized carbons (Fsp3) is 0.647. The lowest BCUT2D eigenvalue weighted by Gasteiger charge is -2.36. The number of aryl methyl sites for hydroxylation is 2. The second kappa shape index (κ2) is 7.77. The lowest BCUT2D eigenvalue weighted by atomic mass is 9.95. The van der Waals surface area contributed by atoms with E-state index in [-0.39, 0.29) is 17.9 Å². The molecular weight excluding hydrogens is 322 g/mol. The van der Waals surface area contributed by atoms with Crippen LogP contribution in [0.5, 0.6) is 0 Å². The number of hydrogen-bond donors (Lipinski definition) is 1. The molecular formula is C17H25N5O3. The van der Waals surface area contributed by atoms with E-state index in [1.807, 2.05) is 6.92 Å². The molecule has 2 aromatic heterocycles. The van der Waals surface area contributed by atoms with Crippen LogP contribution < -0.4 is 5.32 Å². The van der Waals surface area contributed by atoms with Gasteiger partial charge in [0.05, 0.1) is 12.0 Å². The normalized spacial score (nSPS) is 19.7. The van der Waals surface area contributed by atoms with Crippen molar-refractivity contribution in [3.05, 3.63) is 23.5 Å². The van der Waals surface area contributed by atoms with Crippen molar-refractivity contribution in [1.82, 2.24) is 20.2 Å². The van der Waals surface area contributed by atoms with Crippen molar-refractivity contribution in [1.29, 1.82) is 0 Å². The molecule has 1 amide bonds. The van der Waals surface area contributed by atoms with Crippen LogP contribution in [-0.2, 0) is 4.79 Å². The average Bonchev–Trinajstić information content (AvgIpc) is 3.21. The summed E-state index contributed by atoms with van der Waals surface area (Å²) in [6, 6.07) is 1.52. The van der Waals surface area contributed by atoms with Gasteiger partial charge < -0.3 is 14.4 Å². The van der Waals surface area contributed by atoms with Gasteiger partial charge in [-0.1, -0.05) is 23.7 Å². The van der Waals surface area contributed by atoms with Crippen molar-refractivity contribution in [2.45, 2.75) is 58.4 Å². The van der Waals surface area contributed by atoms with E-state index >= 15 is 0 Å². The number of carbonyl (C=O) groups excluding carboxylic acids is 1. The van der Waals surface area contributed by atoms with E-state index in [1.165, 1.54) is 0 Å². The third-order valence-electron chi connectivity index (χ3n) is 4.53. The van der Waals surface area contributed by atoms with Crippen LogP contribution in [0, 0.1) is 13.8 Å². The Balaban J connectivity index is 1.69. The number of nitrogens with zero attached hydrogens (tertiary/aromatic N) is 4. The highest BCUT2D eigenvalue weighted by Gasteiger charge is 2.32. The summed E-state index contributed by atoms with van der Waals surface area (Å²) in [7, 11) is 0. The first-order valence-electron chi connectivity index (χ1n) is 8.85. The maximum absolute atomic E-state index is 12.8. The third-order valence-corrected chi connectivity index (χ3v) is 4.53. The summed E-state index contributed by atoms with van der Waals surface area (Å²) in [5.74, 6) is 2.59. The average molecular weight is 347 g/mol. The minimum absolute atomic E-state index is 0.0440. The number of rotatable bonds is 6. The minimum Gasteiger partial charge on any atom is -0.360 e. The topological polar surface area (TPSA) is 97.3 Å². The molecule has 3 rings (SSSR count). The third kappa shape index (κ3) is 4.25. The number of carbonyl (C=O) groups is 1. The molecule has 1 aliphatic heterocycles. The first kappa shape index (κ1) is 17.6. The van der Waals surface area contributed by atoms with Crippen LogP contribution in [0.1, 0.15) is 56.0 Å². The smallest absolute Gasteiger partial charge is 0.242 e. The van der Waals surface area contributed by atoms with Gasteiger partial charge >= 0.3 is 0 Å². The first-order chi connectivity index (χ1) is 12.1. The Morgan fingerprint density at radius 1 is 1.40 bits per heavy atom. The molecule has 0 spiro atoms. The van der Waals surface area contributed by atoms with Crippen molar-refractivity contribution in [3.8, 4) is 0 Å². The molecule has 2 aromatic rings. The van der Waals surface area contributed by atoms with Crippen molar-refractivity contribution in [3.63, 3.8) is 0 Å². The first-order valence-corrected chi connectivity index (χ1v) is 8.85. The van der Waals surface area contributed by atoms with Crippen LogP contribution in [-0.4, -0.2) is 45.2 Å². The van der Waals surface area contributed by atoms with Gasteiger partial charge in [-0.3, -0.25) is 9.69 Å². The molecule has 136 valence electrons. The quantitative estimate of drug-likeness (QED) is 0.858. The monoisotopic (exact) mass is 347 g/mol. The summed E-state index contributed by atoms with van der Waals surface area (Å²) in [4.78, 5) is 19.4. The molecule has 0 aliphatic carbocycles. The highest BCUT2D eigenvalue weighted by Crippen LogP contribution is 2.28. The van der Waals surface area contributed by atoms with E-state index in [0.717, 1.165) is 38.8 Å². The van der Waals surface area contributed by atoms with Gasteiger partial charge in [-0.2, -0.15) is 4.98 Å². The molecule has 8 heteroatoms. The molecule has 1 N–H and O–H groups in total. The Morgan fingerprint density at radius 3 is 2.88 bits per heavy atom. The number of amides is 1. The minimum atomic E-state index is -0.200. The predicted molar refractivity (Wildman–Crippen MR) is 91.1 cm³/mol. The number of hydrogen-bond acceptors (Lipinski definition) is 7. The van der Waals surface area contributed by atoms with Crippen LogP contribution in [0.25, 0.3) is 0 Å². The zero-order valence-electron chi connectivity index (χ0n) is 15.0. The summed E-state index contributed by atoms with van der Waals surface area (Å²) in [6.07, 6.45) is 3.72.